The van der Waals surface area contributed by atoms with Crippen LogP contribution in [0.15, 0.2) is 55.0 Å². The highest BCUT2D eigenvalue weighted by Gasteiger charge is 2.14. The van der Waals surface area contributed by atoms with Gasteiger partial charge < -0.3 is 4.57 Å². The molecule has 128 valence electrons. The standard InChI is InChI=1S/C19H18FN3O2/c1-2-5-16-12-22(13-21-16)19-9-8-17(23(24)25)11-15(19)10-14-6-3-4-7-18(14)20/h3-4,6-9,11-13H,2,5,10H2,1H3. The van der Waals surface area contributed by atoms with E-state index < -0.39 is 4.92 Å². The summed E-state index contributed by atoms with van der Waals surface area (Å²) in [6.07, 6.45) is 5.72. The average Bonchev–Trinajstić information content (AvgIpc) is 3.05. The normalized spacial score (nSPS) is 10.8. The minimum absolute atomic E-state index is 0.0102. The molecule has 0 aliphatic rings. The SMILES string of the molecule is CCCc1cn(-c2ccc([N+](=O)[O-])cc2Cc2ccccc2F)cn1. The molecule has 3 aromatic rings. The predicted molar refractivity (Wildman–Crippen MR) is 93.4 cm³/mol. The van der Waals surface area contributed by atoms with E-state index >= 15 is 0 Å². The molecule has 0 unspecified atom stereocenters. The molecule has 0 atom stereocenters. The summed E-state index contributed by atoms with van der Waals surface area (Å²) in [6.45, 7) is 2.08. The van der Waals surface area contributed by atoms with Gasteiger partial charge in [-0.2, -0.15) is 0 Å². The van der Waals surface area contributed by atoms with E-state index in [9.17, 15) is 14.5 Å². The van der Waals surface area contributed by atoms with Crippen LogP contribution in [0.25, 0.3) is 5.69 Å². The molecule has 6 heteroatoms. The first kappa shape index (κ1) is 16.8. The summed E-state index contributed by atoms with van der Waals surface area (Å²) in [7, 11) is 0. The minimum Gasteiger partial charge on any atom is -0.306 e. The fourth-order valence-corrected chi connectivity index (χ4v) is 2.81. The maximum Gasteiger partial charge on any atom is 0.269 e. The number of aromatic nitrogens is 2. The van der Waals surface area contributed by atoms with Crippen molar-refractivity contribution < 1.29 is 9.31 Å². The lowest BCUT2D eigenvalue weighted by Gasteiger charge is -2.11. The number of nitro benzene ring substituents is 1. The first-order valence-electron chi connectivity index (χ1n) is 8.12. The molecule has 5 nitrogen and oxygen atoms in total. The Balaban J connectivity index is 2.04. The summed E-state index contributed by atoms with van der Waals surface area (Å²) in [5.74, 6) is -0.322. The Bertz CT molecular complexity index is 905. The maximum atomic E-state index is 14.0. The first-order chi connectivity index (χ1) is 12.1. The number of hydrogen-bond donors (Lipinski definition) is 0. The number of rotatable bonds is 6. The van der Waals surface area contributed by atoms with Crippen molar-refractivity contribution in [3.05, 3.63) is 87.7 Å². The Morgan fingerprint density at radius 3 is 2.72 bits per heavy atom. The minimum atomic E-state index is -0.439. The van der Waals surface area contributed by atoms with Crippen molar-refractivity contribution in [2.75, 3.05) is 0 Å². The van der Waals surface area contributed by atoms with Crippen LogP contribution in [0.4, 0.5) is 10.1 Å². The summed E-state index contributed by atoms with van der Waals surface area (Å²) in [5, 5.41) is 11.1. The Labute approximate surface area is 144 Å². The van der Waals surface area contributed by atoms with Gasteiger partial charge in [0.2, 0.25) is 0 Å². The van der Waals surface area contributed by atoms with Crippen LogP contribution in [0.1, 0.15) is 30.2 Å². The van der Waals surface area contributed by atoms with Gasteiger partial charge in [-0.3, -0.25) is 10.1 Å². The molecule has 0 N–H and O–H groups in total. The van der Waals surface area contributed by atoms with Crippen molar-refractivity contribution in [3.8, 4) is 5.69 Å². The van der Waals surface area contributed by atoms with Gasteiger partial charge in [-0.15, -0.1) is 0 Å². The maximum absolute atomic E-state index is 14.0. The van der Waals surface area contributed by atoms with Gasteiger partial charge in [0.1, 0.15) is 5.82 Å². The molecule has 0 radical (unpaired) electrons. The fraction of sp³-hybridized carbons (Fsp3) is 0.211. The van der Waals surface area contributed by atoms with Crippen LogP contribution in [0, 0.1) is 15.9 Å². The van der Waals surface area contributed by atoms with Gasteiger partial charge >= 0.3 is 0 Å². The number of halogens is 1. The number of benzene rings is 2. The number of non-ortho nitro benzene ring substituents is 1. The topological polar surface area (TPSA) is 61.0 Å². The zero-order valence-corrected chi connectivity index (χ0v) is 13.9. The lowest BCUT2D eigenvalue weighted by Crippen LogP contribution is -2.02. The van der Waals surface area contributed by atoms with Crippen LogP contribution in [-0.2, 0) is 12.8 Å². The van der Waals surface area contributed by atoms with E-state index in [1.165, 1.54) is 18.2 Å². The molecule has 0 aliphatic carbocycles. The summed E-state index contributed by atoms with van der Waals surface area (Å²) in [5.41, 5.74) is 2.89. The molecule has 0 spiro atoms. The van der Waals surface area contributed by atoms with Crippen LogP contribution in [-0.4, -0.2) is 14.5 Å². The van der Waals surface area contributed by atoms with Crippen molar-refractivity contribution in [1.82, 2.24) is 9.55 Å². The van der Waals surface area contributed by atoms with Crippen molar-refractivity contribution in [2.24, 2.45) is 0 Å². The summed E-state index contributed by atoms with van der Waals surface area (Å²) in [4.78, 5) is 15.0. The van der Waals surface area contributed by atoms with Crippen LogP contribution in [0.2, 0.25) is 0 Å². The van der Waals surface area contributed by atoms with E-state index in [0.29, 0.717) is 11.1 Å². The number of imidazole rings is 1. The van der Waals surface area contributed by atoms with Gasteiger partial charge in [0.15, 0.2) is 0 Å². The van der Waals surface area contributed by atoms with Crippen molar-refractivity contribution >= 4 is 5.69 Å². The molecular formula is C19H18FN3O2. The second-order valence-electron chi connectivity index (χ2n) is 5.86. The van der Waals surface area contributed by atoms with E-state index in [1.807, 2.05) is 10.8 Å². The van der Waals surface area contributed by atoms with Crippen molar-refractivity contribution in [1.29, 1.82) is 0 Å². The molecule has 0 fully saturated rings. The van der Waals surface area contributed by atoms with Crippen LogP contribution < -0.4 is 0 Å². The number of hydrogen-bond acceptors (Lipinski definition) is 3. The fourth-order valence-electron chi connectivity index (χ4n) is 2.81. The Morgan fingerprint density at radius 2 is 2.00 bits per heavy atom. The molecule has 1 aromatic heterocycles. The molecule has 25 heavy (non-hydrogen) atoms. The number of nitrogens with zero attached hydrogens (tertiary/aromatic N) is 3. The lowest BCUT2D eigenvalue weighted by molar-refractivity contribution is -0.384. The molecule has 3 rings (SSSR count). The highest BCUT2D eigenvalue weighted by molar-refractivity contribution is 5.50. The second kappa shape index (κ2) is 7.25. The summed E-state index contributed by atoms with van der Waals surface area (Å²) >= 11 is 0. The van der Waals surface area contributed by atoms with E-state index in [0.717, 1.165) is 24.2 Å². The van der Waals surface area contributed by atoms with Gasteiger partial charge in [-0.1, -0.05) is 31.5 Å². The van der Waals surface area contributed by atoms with Crippen molar-refractivity contribution in [3.63, 3.8) is 0 Å². The van der Waals surface area contributed by atoms with Crippen molar-refractivity contribution in [2.45, 2.75) is 26.2 Å². The van der Waals surface area contributed by atoms with Gasteiger partial charge in [0.05, 0.1) is 22.6 Å². The third kappa shape index (κ3) is 3.74. The van der Waals surface area contributed by atoms with Gasteiger partial charge in [-0.05, 0) is 29.7 Å². The summed E-state index contributed by atoms with van der Waals surface area (Å²) in [6, 6.07) is 11.1. The van der Waals surface area contributed by atoms with Crippen LogP contribution in [0.5, 0.6) is 0 Å². The molecule has 0 aliphatic heterocycles. The average molecular weight is 339 g/mol. The molecule has 1 heterocycles. The molecule has 0 saturated carbocycles. The second-order valence-corrected chi connectivity index (χ2v) is 5.86. The van der Waals surface area contributed by atoms with Gasteiger partial charge in [0, 0.05) is 24.8 Å². The third-order valence-corrected chi connectivity index (χ3v) is 4.03. The number of nitro groups is 1. The van der Waals surface area contributed by atoms with E-state index in [2.05, 4.69) is 11.9 Å². The monoisotopic (exact) mass is 339 g/mol. The van der Waals surface area contributed by atoms with E-state index in [-0.39, 0.29) is 17.9 Å². The summed E-state index contributed by atoms with van der Waals surface area (Å²) < 4.78 is 15.9. The van der Waals surface area contributed by atoms with Gasteiger partial charge in [0.25, 0.3) is 5.69 Å². The quantitative estimate of drug-likeness (QED) is 0.492. The van der Waals surface area contributed by atoms with E-state index in [1.54, 1.807) is 30.6 Å². The largest absolute Gasteiger partial charge is 0.306 e. The molecule has 2 aromatic carbocycles. The van der Waals surface area contributed by atoms with Crippen LogP contribution >= 0.6 is 0 Å². The first-order valence-corrected chi connectivity index (χ1v) is 8.12. The zero-order valence-electron chi connectivity index (χ0n) is 13.9. The Kier molecular flexibility index (Phi) is 4.88. The van der Waals surface area contributed by atoms with Gasteiger partial charge in [-0.25, -0.2) is 9.37 Å². The molecule has 0 bridgehead atoms. The third-order valence-electron chi connectivity index (χ3n) is 4.03. The Morgan fingerprint density at radius 1 is 1.20 bits per heavy atom. The highest BCUT2D eigenvalue weighted by Crippen LogP contribution is 2.25. The van der Waals surface area contributed by atoms with E-state index in [4.69, 9.17) is 0 Å². The smallest absolute Gasteiger partial charge is 0.269 e. The molecular weight excluding hydrogens is 321 g/mol. The van der Waals surface area contributed by atoms with Crippen LogP contribution in [0.3, 0.4) is 0 Å². The predicted octanol–water partition coefficient (Wildman–Crippen LogP) is 4.46. The highest BCUT2D eigenvalue weighted by atomic mass is 19.1. The Hall–Kier alpha value is -3.02. The number of aryl methyl sites for hydroxylation is 1. The lowest BCUT2D eigenvalue weighted by atomic mass is 10.0. The molecule has 0 amide bonds. The zero-order chi connectivity index (χ0) is 17.8. The molecule has 0 saturated heterocycles.